The lowest BCUT2D eigenvalue weighted by molar-refractivity contribution is 0.0743. The Morgan fingerprint density at radius 3 is 2.53 bits per heavy atom. The van der Waals surface area contributed by atoms with Crippen molar-refractivity contribution in [2.45, 2.75) is 19.9 Å². The van der Waals surface area contributed by atoms with Crippen LogP contribution in [0, 0.1) is 6.92 Å². The number of benzene rings is 3. The van der Waals surface area contributed by atoms with Crippen molar-refractivity contribution in [2.75, 3.05) is 44.0 Å². The predicted molar refractivity (Wildman–Crippen MR) is 146 cm³/mol. The highest BCUT2D eigenvalue weighted by molar-refractivity contribution is 6.03. The van der Waals surface area contributed by atoms with Crippen molar-refractivity contribution >= 4 is 28.3 Å². The molecule has 1 fully saturated rings. The highest BCUT2D eigenvalue weighted by Gasteiger charge is 2.23. The number of carbonyl (C=O) groups is 1. The molecule has 5 rings (SSSR count). The number of ether oxygens (including phenoxy) is 1. The number of anilines is 2. The molecule has 1 aromatic heterocycles. The number of aryl methyl sites for hydroxylation is 1. The largest absolute Gasteiger partial charge is 0.382 e. The SMILES string of the molecule is Cc1cccc(C(=O)N(C)C(C)c2ccccc2)c1-c1ccc2nc(N)c(N3CCOCC3)cc2c1. The molecule has 0 aliphatic carbocycles. The summed E-state index contributed by atoms with van der Waals surface area (Å²) in [6, 6.07) is 24.2. The standard InChI is InChI=1S/C30H32N4O2/c1-20-8-7-11-25(30(35)33(3)21(2)22-9-5-4-6-10-22)28(20)23-12-13-26-24(18-23)19-27(29(31)32-26)34-14-16-36-17-15-34/h4-13,18-19,21H,14-17H2,1-3H3,(H2,31,32). The molecule has 1 atom stereocenters. The van der Waals surface area contributed by atoms with Crippen LogP contribution < -0.4 is 10.6 Å². The number of carbonyl (C=O) groups excluding carboxylic acids is 1. The van der Waals surface area contributed by atoms with E-state index in [0.717, 1.165) is 51.9 Å². The van der Waals surface area contributed by atoms with Gasteiger partial charge in [0.05, 0.1) is 30.5 Å². The summed E-state index contributed by atoms with van der Waals surface area (Å²) in [5, 5.41) is 0.996. The summed E-state index contributed by atoms with van der Waals surface area (Å²) < 4.78 is 5.50. The second-order valence-electron chi connectivity index (χ2n) is 9.40. The van der Waals surface area contributed by atoms with Gasteiger partial charge < -0.3 is 20.3 Å². The Kier molecular flexibility index (Phi) is 6.61. The molecule has 1 aliphatic heterocycles. The first kappa shape index (κ1) is 23.8. The van der Waals surface area contributed by atoms with E-state index in [4.69, 9.17) is 10.5 Å². The quantitative estimate of drug-likeness (QED) is 0.411. The fourth-order valence-corrected chi connectivity index (χ4v) is 4.94. The lowest BCUT2D eigenvalue weighted by Crippen LogP contribution is -2.36. The molecular weight excluding hydrogens is 448 g/mol. The Bertz CT molecular complexity index is 1400. The van der Waals surface area contributed by atoms with Crippen molar-refractivity contribution in [2.24, 2.45) is 0 Å². The van der Waals surface area contributed by atoms with Crippen LogP contribution in [0.3, 0.4) is 0 Å². The molecule has 0 saturated carbocycles. The van der Waals surface area contributed by atoms with Gasteiger partial charge in [0.25, 0.3) is 5.91 Å². The van der Waals surface area contributed by atoms with Crippen LogP contribution in [0.5, 0.6) is 0 Å². The molecule has 6 nitrogen and oxygen atoms in total. The first-order valence-corrected chi connectivity index (χ1v) is 12.4. The lowest BCUT2D eigenvalue weighted by atomic mass is 9.93. The van der Waals surface area contributed by atoms with Gasteiger partial charge in [0.2, 0.25) is 0 Å². The minimum Gasteiger partial charge on any atom is -0.382 e. The van der Waals surface area contributed by atoms with Gasteiger partial charge in [-0.15, -0.1) is 0 Å². The minimum atomic E-state index is -0.0491. The van der Waals surface area contributed by atoms with Crippen molar-refractivity contribution in [3.05, 3.63) is 89.5 Å². The van der Waals surface area contributed by atoms with E-state index in [9.17, 15) is 4.79 Å². The third-order valence-electron chi connectivity index (χ3n) is 7.15. The van der Waals surface area contributed by atoms with E-state index in [-0.39, 0.29) is 11.9 Å². The zero-order chi connectivity index (χ0) is 25.2. The Labute approximate surface area is 212 Å². The van der Waals surface area contributed by atoms with Crippen molar-refractivity contribution in [1.29, 1.82) is 0 Å². The Hall–Kier alpha value is -3.90. The fraction of sp³-hybridized carbons (Fsp3) is 0.267. The molecule has 2 N–H and O–H groups in total. The molecule has 1 aliphatic rings. The number of hydrogen-bond donors (Lipinski definition) is 1. The number of nitrogens with zero attached hydrogens (tertiary/aromatic N) is 3. The van der Waals surface area contributed by atoms with Gasteiger partial charge in [-0.3, -0.25) is 4.79 Å². The number of nitrogens with two attached hydrogens (primary N) is 1. The molecule has 1 unspecified atom stereocenters. The zero-order valence-electron chi connectivity index (χ0n) is 21.1. The summed E-state index contributed by atoms with van der Waals surface area (Å²) in [6.07, 6.45) is 0. The number of pyridine rings is 1. The average Bonchev–Trinajstić information content (AvgIpc) is 2.92. The smallest absolute Gasteiger partial charge is 0.254 e. The van der Waals surface area contributed by atoms with Crippen LogP contribution in [0.4, 0.5) is 11.5 Å². The van der Waals surface area contributed by atoms with Crippen LogP contribution in [-0.2, 0) is 4.74 Å². The van der Waals surface area contributed by atoms with Gasteiger partial charge in [0, 0.05) is 31.1 Å². The van der Waals surface area contributed by atoms with Crippen LogP contribution in [0.25, 0.3) is 22.0 Å². The maximum atomic E-state index is 13.8. The highest BCUT2D eigenvalue weighted by Crippen LogP contribution is 2.34. The Morgan fingerprint density at radius 1 is 1.03 bits per heavy atom. The molecule has 4 aromatic rings. The third-order valence-corrected chi connectivity index (χ3v) is 7.15. The molecule has 0 bridgehead atoms. The van der Waals surface area contributed by atoms with Crippen molar-refractivity contribution in [1.82, 2.24) is 9.88 Å². The molecule has 3 aromatic carbocycles. The molecule has 0 spiro atoms. The van der Waals surface area contributed by atoms with Gasteiger partial charge >= 0.3 is 0 Å². The molecule has 2 heterocycles. The van der Waals surface area contributed by atoms with E-state index in [2.05, 4.69) is 54.1 Å². The summed E-state index contributed by atoms with van der Waals surface area (Å²) >= 11 is 0. The number of nitrogen functional groups attached to an aromatic ring is 1. The topological polar surface area (TPSA) is 71.7 Å². The minimum absolute atomic E-state index is 0.00501. The van der Waals surface area contributed by atoms with Crippen LogP contribution in [0.2, 0.25) is 0 Å². The van der Waals surface area contributed by atoms with Crippen LogP contribution in [0.15, 0.2) is 72.8 Å². The number of fused-ring (bicyclic) bond motifs is 1. The molecule has 184 valence electrons. The second-order valence-corrected chi connectivity index (χ2v) is 9.40. The van der Waals surface area contributed by atoms with E-state index in [0.29, 0.717) is 24.6 Å². The van der Waals surface area contributed by atoms with E-state index >= 15 is 0 Å². The van der Waals surface area contributed by atoms with Crippen LogP contribution >= 0.6 is 0 Å². The number of amides is 1. The summed E-state index contributed by atoms with van der Waals surface area (Å²) in [4.78, 5) is 22.5. The van der Waals surface area contributed by atoms with Gasteiger partial charge in [0.1, 0.15) is 5.82 Å². The fourth-order valence-electron chi connectivity index (χ4n) is 4.94. The van der Waals surface area contributed by atoms with Gasteiger partial charge in [-0.2, -0.15) is 0 Å². The van der Waals surface area contributed by atoms with E-state index in [1.165, 1.54) is 0 Å². The normalized spacial score (nSPS) is 14.6. The van der Waals surface area contributed by atoms with Gasteiger partial charge in [-0.1, -0.05) is 48.5 Å². The second kappa shape index (κ2) is 9.99. The molecule has 1 amide bonds. The summed E-state index contributed by atoms with van der Waals surface area (Å²) in [5.41, 5.74) is 12.9. The molecule has 0 radical (unpaired) electrons. The summed E-state index contributed by atoms with van der Waals surface area (Å²) in [5.74, 6) is 0.523. The van der Waals surface area contributed by atoms with Crippen molar-refractivity contribution in [3.63, 3.8) is 0 Å². The number of hydrogen-bond acceptors (Lipinski definition) is 5. The Balaban J connectivity index is 1.54. The van der Waals surface area contributed by atoms with Gasteiger partial charge in [-0.05, 0) is 60.4 Å². The highest BCUT2D eigenvalue weighted by atomic mass is 16.5. The lowest BCUT2D eigenvalue weighted by Gasteiger charge is -2.29. The number of morpholine rings is 1. The Morgan fingerprint density at radius 2 is 1.78 bits per heavy atom. The molecule has 6 heteroatoms. The average molecular weight is 481 g/mol. The van der Waals surface area contributed by atoms with E-state index in [1.807, 2.05) is 54.4 Å². The monoisotopic (exact) mass is 480 g/mol. The van der Waals surface area contributed by atoms with Crippen LogP contribution in [-0.4, -0.2) is 49.1 Å². The van der Waals surface area contributed by atoms with Gasteiger partial charge in [0.15, 0.2) is 0 Å². The summed E-state index contributed by atoms with van der Waals surface area (Å²) in [7, 11) is 1.87. The van der Waals surface area contributed by atoms with E-state index < -0.39 is 0 Å². The first-order valence-electron chi connectivity index (χ1n) is 12.4. The van der Waals surface area contributed by atoms with Crippen molar-refractivity contribution < 1.29 is 9.53 Å². The maximum Gasteiger partial charge on any atom is 0.254 e. The third kappa shape index (κ3) is 4.52. The van der Waals surface area contributed by atoms with Crippen LogP contribution in [0.1, 0.15) is 34.5 Å². The number of aromatic nitrogens is 1. The molecule has 1 saturated heterocycles. The molecule has 36 heavy (non-hydrogen) atoms. The van der Waals surface area contributed by atoms with E-state index in [1.54, 1.807) is 0 Å². The zero-order valence-corrected chi connectivity index (χ0v) is 21.1. The van der Waals surface area contributed by atoms with Crippen molar-refractivity contribution in [3.8, 4) is 11.1 Å². The maximum absolute atomic E-state index is 13.8. The predicted octanol–water partition coefficient (Wildman–Crippen LogP) is 5.46. The summed E-state index contributed by atoms with van der Waals surface area (Å²) in [6.45, 7) is 7.06. The number of rotatable bonds is 5. The first-order chi connectivity index (χ1) is 17.4. The van der Waals surface area contributed by atoms with Gasteiger partial charge in [-0.25, -0.2) is 4.98 Å². The molecular formula is C30H32N4O2.